The lowest BCUT2D eigenvalue weighted by molar-refractivity contribution is -0.159. The molecular formula is C29H31NO5. The molecule has 6 nitrogen and oxygen atoms in total. The minimum absolute atomic E-state index is 0.0337. The van der Waals surface area contributed by atoms with Gasteiger partial charge >= 0.3 is 12.1 Å². The monoisotopic (exact) mass is 473 g/mol. The number of esters is 1. The van der Waals surface area contributed by atoms with E-state index in [0.29, 0.717) is 6.61 Å². The zero-order chi connectivity index (χ0) is 24.8. The normalized spacial score (nSPS) is 13.5. The molecule has 3 aromatic carbocycles. The highest BCUT2D eigenvalue weighted by molar-refractivity contribution is 5.82. The van der Waals surface area contributed by atoms with Crippen LogP contribution in [0.3, 0.4) is 0 Å². The summed E-state index contributed by atoms with van der Waals surface area (Å²) < 4.78 is 16.8. The number of hydrogen-bond acceptors (Lipinski definition) is 5. The third-order valence-electron chi connectivity index (χ3n) is 5.72. The number of amides is 1. The first kappa shape index (κ1) is 24.5. The van der Waals surface area contributed by atoms with Gasteiger partial charge in [0.05, 0.1) is 13.2 Å². The molecular weight excluding hydrogens is 442 g/mol. The van der Waals surface area contributed by atoms with Crippen molar-refractivity contribution in [1.82, 2.24) is 5.32 Å². The van der Waals surface area contributed by atoms with Crippen molar-refractivity contribution in [1.29, 1.82) is 0 Å². The van der Waals surface area contributed by atoms with Crippen LogP contribution in [-0.4, -0.2) is 36.9 Å². The Labute approximate surface area is 206 Å². The van der Waals surface area contributed by atoms with Gasteiger partial charge in [-0.3, -0.25) is 0 Å². The van der Waals surface area contributed by atoms with E-state index in [2.05, 4.69) is 29.6 Å². The standard InChI is InChI=1S/C29H31NO5/c1-29(2,3)35-27(31)26(19-33-17-20-11-5-4-6-12-20)30-28(32)34-18-25-23-15-9-7-13-21(23)22-14-8-10-16-24(22)25/h4-16,25-26H,17-19H2,1-3H3,(H,30,32)/t26-/m1/s1. The third-order valence-corrected chi connectivity index (χ3v) is 5.72. The minimum atomic E-state index is -0.992. The van der Waals surface area contributed by atoms with Crippen LogP contribution in [0.2, 0.25) is 0 Å². The van der Waals surface area contributed by atoms with Crippen molar-refractivity contribution in [2.45, 2.75) is 44.9 Å². The summed E-state index contributed by atoms with van der Waals surface area (Å²) in [5.74, 6) is -0.637. The zero-order valence-corrected chi connectivity index (χ0v) is 20.3. The molecule has 0 heterocycles. The van der Waals surface area contributed by atoms with Gasteiger partial charge in [-0.1, -0.05) is 78.9 Å². The first-order chi connectivity index (χ1) is 16.8. The Morgan fingerprint density at radius 1 is 0.857 bits per heavy atom. The Morgan fingerprint density at radius 2 is 1.43 bits per heavy atom. The van der Waals surface area contributed by atoms with Gasteiger partial charge < -0.3 is 19.5 Å². The largest absolute Gasteiger partial charge is 0.458 e. The van der Waals surface area contributed by atoms with Crippen molar-refractivity contribution >= 4 is 12.1 Å². The first-order valence-electron chi connectivity index (χ1n) is 11.8. The van der Waals surface area contributed by atoms with Crippen molar-refractivity contribution in [3.05, 3.63) is 95.6 Å². The maximum absolute atomic E-state index is 12.8. The molecule has 0 spiro atoms. The van der Waals surface area contributed by atoms with Crippen LogP contribution in [0.4, 0.5) is 4.79 Å². The molecule has 182 valence electrons. The number of ether oxygens (including phenoxy) is 3. The second-order valence-electron chi connectivity index (χ2n) is 9.56. The highest BCUT2D eigenvalue weighted by atomic mass is 16.6. The van der Waals surface area contributed by atoms with Crippen LogP contribution in [0.25, 0.3) is 11.1 Å². The van der Waals surface area contributed by atoms with Gasteiger partial charge in [0.15, 0.2) is 6.04 Å². The van der Waals surface area contributed by atoms with E-state index < -0.39 is 23.7 Å². The van der Waals surface area contributed by atoms with Gasteiger partial charge in [-0.25, -0.2) is 9.59 Å². The lowest BCUT2D eigenvalue weighted by atomic mass is 9.98. The summed E-state index contributed by atoms with van der Waals surface area (Å²) in [4.78, 5) is 25.5. The molecule has 1 N–H and O–H groups in total. The van der Waals surface area contributed by atoms with Gasteiger partial charge in [0, 0.05) is 5.92 Å². The van der Waals surface area contributed by atoms with Gasteiger partial charge in [0.2, 0.25) is 0 Å². The van der Waals surface area contributed by atoms with Crippen LogP contribution in [0.1, 0.15) is 43.4 Å². The number of rotatable bonds is 8. The second kappa shape index (κ2) is 10.7. The molecule has 4 rings (SSSR count). The molecule has 0 unspecified atom stereocenters. The molecule has 0 saturated carbocycles. The second-order valence-corrected chi connectivity index (χ2v) is 9.56. The molecule has 0 aromatic heterocycles. The van der Waals surface area contributed by atoms with Crippen LogP contribution in [0.5, 0.6) is 0 Å². The number of nitrogens with one attached hydrogen (secondary N) is 1. The van der Waals surface area contributed by atoms with Gasteiger partial charge in [0.1, 0.15) is 12.2 Å². The van der Waals surface area contributed by atoms with Crippen LogP contribution in [-0.2, 0) is 25.6 Å². The number of alkyl carbamates (subject to hydrolysis) is 1. The van der Waals surface area contributed by atoms with Crippen LogP contribution < -0.4 is 5.32 Å². The molecule has 0 saturated heterocycles. The van der Waals surface area contributed by atoms with Gasteiger partial charge in [0.25, 0.3) is 0 Å². The SMILES string of the molecule is CC(C)(C)OC(=O)[C@@H](COCc1ccccc1)NC(=O)OCC1c2ccccc2-c2ccccc21. The zero-order valence-electron chi connectivity index (χ0n) is 20.3. The predicted octanol–water partition coefficient (Wildman–Crippen LogP) is 5.45. The van der Waals surface area contributed by atoms with Gasteiger partial charge in [-0.2, -0.15) is 0 Å². The van der Waals surface area contributed by atoms with Crippen LogP contribution in [0.15, 0.2) is 78.9 Å². The topological polar surface area (TPSA) is 73.9 Å². The van der Waals surface area contributed by atoms with E-state index >= 15 is 0 Å². The molecule has 1 atom stereocenters. The Morgan fingerprint density at radius 3 is 2.03 bits per heavy atom. The summed E-state index contributed by atoms with van der Waals surface area (Å²) in [7, 11) is 0. The van der Waals surface area contributed by atoms with Crippen molar-refractivity contribution in [2.75, 3.05) is 13.2 Å². The molecule has 6 heteroatoms. The molecule has 0 radical (unpaired) electrons. The van der Waals surface area contributed by atoms with E-state index in [-0.39, 0.29) is 19.1 Å². The number of hydrogen-bond donors (Lipinski definition) is 1. The molecule has 0 aliphatic heterocycles. The summed E-state index contributed by atoms with van der Waals surface area (Å²) in [5, 5.41) is 2.64. The lowest BCUT2D eigenvalue weighted by Gasteiger charge is -2.24. The molecule has 1 aliphatic carbocycles. The van der Waals surface area contributed by atoms with Gasteiger partial charge in [-0.05, 0) is 48.6 Å². The van der Waals surface area contributed by atoms with E-state index in [1.807, 2.05) is 54.6 Å². The smallest absolute Gasteiger partial charge is 0.407 e. The Kier molecular flexibility index (Phi) is 7.51. The van der Waals surface area contributed by atoms with E-state index in [0.717, 1.165) is 27.8 Å². The van der Waals surface area contributed by atoms with E-state index in [1.165, 1.54) is 0 Å². The maximum Gasteiger partial charge on any atom is 0.407 e. The maximum atomic E-state index is 12.8. The van der Waals surface area contributed by atoms with E-state index in [4.69, 9.17) is 14.2 Å². The minimum Gasteiger partial charge on any atom is -0.458 e. The fourth-order valence-electron chi connectivity index (χ4n) is 4.19. The Hall–Kier alpha value is -3.64. The first-order valence-corrected chi connectivity index (χ1v) is 11.8. The van der Waals surface area contributed by atoms with Crippen molar-refractivity contribution < 1.29 is 23.8 Å². The summed E-state index contributed by atoms with van der Waals surface area (Å²) >= 11 is 0. The number of carbonyl (C=O) groups excluding carboxylic acids is 2. The number of benzene rings is 3. The fourth-order valence-corrected chi connectivity index (χ4v) is 4.19. The quantitative estimate of drug-likeness (QED) is 0.440. The Bertz CT molecular complexity index is 1120. The summed E-state index contributed by atoms with van der Waals surface area (Å²) in [6.45, 7) is 5.77. The molecule has 1 aliphatic rings. The lowest BCUT2D eigenvalue weighted by Crippen LogP contribution is -2.47. The molecule has 0 bridgehead atoms. The third kappa shape index (κ3) is 6.28. The highest BCUT2D eigenvalue weighted by Crippen LogP contribution is 2.44. The Balaban J connectivity index is 1.39. The van der Waals surface area contributed by atoms with Crippen molar-refractivity contribution in [2.24, 2.45) is 0 Å². The van der Waals surface area contributed by atoms with Crippen molar-refractivity contribution in [3.8, 4) is 11.1 Å². The van der Waals surface area contributed by atoms with Crippen molar-refractivity contribution in [3.63, 3.8) is 0 Å². The molecule has 0 fully saturated rings. The summed E-state index contributed by atoms with van der Waals surface area (Å²) in [6.07, 6.45) is -0.689. The number of carbonyl (C=O) groups is 2. The highest BCUT2D eigenvalue weighted by Gasteiger charge is 2.31. The molecule has 1 amide bonds. The van der Waals surface area contributed by atoms with E-state index in [1.54, 1.807) is 20.8 Å². The average Bonchev–Trinajstić information content (AvgIpc) is 3.15. The summed E-state index contributed by atoms with van der Waals surface area (Å²) in [6, 6.07) is 24.9. The molecule has 3 aromatic rings. The molecule has 35 heavy (non-hydrogen) atoms. The van der Waals surface area contributed by atoms with Gasteiger partial charge in [-0.15, -0.1) is 0 Å². The predicted molar refractivity (Wildman–Crippen MR) is 134 cm³/mol. The number of fused-ring (bicyclic) bond motifs is 3. The summed E-state index contributed by atoms with van der Waals surface area (Å²) in [5.41, 5.74) is 4.82. The average molecular weight is 474 g/mol. The van der Waals surface area contributed by atoms with E-state index in [9.17, 15) is 9.59 Å². The van der Waals surface area contributed by atoms with Crippen LogP contribution in [0, 0.1) is 0 Å². The van der Waals surface area contributed by atoms with Crippen LogP contribution >= 0.6 is 0 Å². The fraction of sp³-hybridized carbons (Fsp3) is 0.310.